The van der Waals surface area contributed by atoms with Crippen LogP contribution in [0.2, 0.25) is 0 Å². The molecule has 13 heavy (non-hydrogen) atoms. The van der Waals surface area contributed by atoms with Gasteiger partial charge in [-0.2, -0.15) is 0 Å². The summed E-state index contributed by atoms with van der Waals surface area (Å²) in [6.45, 7) is 0.754. The fraction of sp³-hybridized carbons (Fsp3) is 0.556. The molecule has 4 nitrogen and oxygen atoms in total. The highest BCUT2D eigenvalue weighted by Gasteiger charge is 2.25. The minimum absolute atomic E-state index is 0.0339. The van der Waals surface area contributed by atoms with E-state index in [1.165, 1.54) is 0 Å². The molecule has 70 valence electrons. The van der Waals surface area contributed by atoms with Crippen LogP contribution in [0.1, 0.15) is 19.3 Å². The minimum Gasteiger partial charge on any atom is -0.374 e. The highest BCUT2D eigenvalue weighted by molar-refractivity contribution is 6.13. The SMILES string of the molecule is O=C1C/C(=C/C2CCCO2)C(=O)N1. The second-order valence-corrected chi connectivity index (χ2v) is 3.30. The van der Waals surface area contributed by atoms with Crippen LogP contribution in [-0.2, 0) is 14.3 Å². The van der Waals surface area contributed by atoms with Crippen molar-refractivity contribution >= 4 is 11.8 Å². The maximum atomic E-state index is 11.1. The number of hydrogen-bond donors (Lipinski definition) is 1. The van der Waals surface area contributed by atoms with Crippen LogP contribution in [0.4, 0.5) is 0 Å². The van der Waals surface area contributed by atoms with Crippen molar-refractivity contribution in [2.45, 2.75) is 25.4 Å². The summed E-state index contributed by atoms with van der Waals surface area (Å²) in [7, 11) is 0. The second-order valence-electron chi connectivity index (χ2n) is 3.30. The van der Waals surface area contributed by atoms with Crippen molar-refractivity contribution in [3.05, 3.63) is 11.6 Å². The number of nitrogens with one attached hydrogen (secondary N) is 1. The molecule has 2 rings (SSSR count). The quantitative estimate of drug-likeness (QED) is 0.462. The zero-order valence-corrected chi connectivity index (χ0v) is 7.21. The summed E-state index contributed by atoms with van der Waals surface area (Å²) in [4.78, 5) is 21.9. The van der Waals surface area contributed by atoms with Gasteiger partial charge in [-0.25, -0.2) is 0 Å². The average Bonchev–Trinajstić information content (AvgIpc) is 2.63. The number of hydrogen-bond acceptors (Lipinski definition) is 3. The Kier molecular flexibility index (Phi) is 2.14. The first-order valence-electron chi connectivity index (χ1n) is 4.42. The van der Waals surface area contributed by atoms with E-state index in [1.54, 1.807) is 6.08 Å². The van der Waals surface area contributed by atoms with Gasteiger partial charge in [-0.05, 0) is 18.9 Å². The predicted octanol–water partition coefficient (Wildman–Crippen LogP) is 0.138. The molecule has 1 atom stereocenters. The van der Waals surface area contributed by atoms with Crippen LogP contribution in [0.3, 0.4) is 0 Å². The third-order valence-electron chi connectivity index (χ3n) is 2.25. The first kappa shape index (κ1) is 8.44. The van der Waals surface area contributed by atoms with Gasteiger partial charge in [0.05, 0.1) is 12.5 Å². The molecular formula is C9H11NO3. The lowest BCUT2D eigenvalue weighted by molar-refractivity contribution is -0.124. The molecule has 0 aromatic carbocycles. The van der Waals surface area contributed by atoms with Crippen LogP contribution in [0.25, 0.3) is 0 Å². The Hall–Kier alpha value is -1.16. The summed E-state index contributed by atoms with van der Waals surface area (Å²) in [5.74, 6) is -0.477. The molecule has 2 amide bonds. The Morgan fingerprint density at radius 3 is 2.85 bits per heavy atom. The number of amides is 2. The van der Waals surface area contributed by atoms with Crippen LogP contribution in [0.15, 0.2) is 11.6 Å². The van der Waals surface area contributed by atoms with Gasteiger partial charge in [-0.1, -0.05) is 0 Å². The van der Waals surface area contributed by atoms with Crippen molar-refractivity contribution in [2.24, 2.45) is 0 Å². The smallest absolute Gasteiger partial charge is 0.254 e. The molecule has 0 saturated carbocycles. The normalized spacial score (nSPS) is 31.4. The zero-order valence-electron chi connectivity index (χ0n) is 7.21. The molecule has 0 spiro atoms. The first-order chi connectivity index (χ1) is 6.25. The third kappa shape index (κ3) is 1.78. The van der Waals surface area contributed by atoms with E-state index in [0.29, 0.717) is 5.57 Å². The summed E-state index contributed by atoms with van der Waals surface area (Å²) in [6.07, 6.45) is 3.99. The van der Waals surface area contributed by atoms with E-state index in [4.69, 9.17) is 4.74 Å². The first-order valence-corrected chi connectivity index (χ1v) is 4.42. The van der Waals surface area contributed by atoms with Crippen LogP contribution in [-0.4, -0.2) is 24.5 Å². The number of carbonyl (C=O) groups is 2. The topological polar surface area (TPSA) is 55.4 Å². The lowest BCUT2D eigenvalue weighted by Gasteiger charge is -2.02. The van der Waals surface area contributed by atoms with E-state index in [0.717, 1.165) is 19.4 Å². The van der Waals surface area contributed by atoms with Crippen LogP contribution < -0.4 is 5.32 Å². The summed E-state index contributed by atoms with van der Waals surface area (Å²) in [5, 5.41) is 2.24. The Labute approximate surface area is 75.9 Å². The van der Waals surface area contributed by atoms with Gasteiger partial charge >= 0.3 is 0 Å². The molecule has 1 unspecified atom stereocenters. The molecule has 1 N–H and O–H groups in total. The highest BCUT2D eigenvalue weighted by Crippen LogP contribution is 2.18. The molecule has 0 aromatic rings. The molecule has 0 bridgehead atoms. The van der Waals surface area contributed by atoms with E-state index < -0.39 is 0 Å². The lowest BCUT2D eigenvalue weighted by atomic mass is 10.1. The van der Waals surface area contributed by atoms with E-state index in [9.17, 15) is 9.59 Å². The molecule has 2 fully saturated rings. The monoisotopic (exact) mass is 181 g/mol. The second kappa shape index (κ2) is 3.30. The van der Waals surface area contributed by atoms with Gasteiger partial charge in [0.2, 0.25) is 5.91 Å². The Morgan fingerprint density at radius 1 is 1.46 bits per heavy atom. The molecule has 0 aromatic heterocycles. The van der Waals surface area contributed by atoms with Crippen molar-refractivity contribution in [3.8, 4) is 0 Å². The third-order valence-corrected chi connectivity index (χ3v) is 2.25. The molecule has 2 aliphatic heterocycles. The largest absolute Gasteiger partial charge is 0.374 e. The lowest BCUT2D eigenvalue weighted by Crippen LogP contribution is -2.19. The summed E-state index contributed by atoms with van der Waals surface area (Å²) in [6, 6.07) is 0. The van der Waals surface area contributed by atoms with Gasteiger partial charge in [-0.15, -0.1) is 0 Å². The van der Waals surface area contributed by atoms with Crippen molar-refractivity contribution in [1.82, 2.24) is 5.32 Å². The highest BCUT2D eigenvalue weighted by atomic mass is 16.5. The van der Waals surface area contributed by atoms with Crippen LogP contribution in [0.5, 0.6) is 0 Å². The van der Waals surface area contributed by atoms with Gasteiger partial charge in [0, 0.05) is 12.2 Å². The van der Waals surface area contributed by atoms with Gasteiger partial charge in [-0.3, -0.25) is 14.9 Å². The average molecular weight is 181 g/mol. The van der Waals surface area contributed by atoms with E-state index >= 15 is 0 Å². The summed E-state index contributed by atoms with van der Waals surface area (Å²) >= 11 is 0. The molecule has 0 aliphatic carbocycles. The zero-order chi connectivity index (χ0) is 9.26. The minimum atomic E-state index is -0.263. The predicted molar refractivity (Wildman–Crippen MR) is 44.8 cm³/mol. The molecule has 2 heterocycles. The molecule has 4 heteroatoms. The summed E-state index contributed by atoms with van der Waals surface area (Å²) < 4.78 is 5.33. The van der Waals surface area contributed by atoms with E-state index in [1.807, 2.05) is 0 Å². The summed E-state index contributed by atoms with van der Waals surface area (Å²) in [5.41, 5.74) is 0.553. The number of imide groups is 1. The fourth-order valence-electron chi connectivity index (χ4n) is 1.60. The standard InChI is InChI=1S/C9H11NO3/c11-8-5-6(9(12)10-8)4-7-2-1-3-13-7/h4,7H,1-3,5H2,(H,10,11,12)/b6-4-. The maximum Gasteiger partial charge on any atom is 0.254 e. The molecule has 0 radical (unpaired) electrons. The van der Waals surface area contributed by atoms with Crippen LogP contribution >= 0.6 is 0 Å². The van der Waals surface area contributed by atoms with Gasteiger partial charge in [0.15, 0.2) is 0 Å². The van der Waals surface area contributed by atoms with Gasteiger partial charge in [0.25, 0.3) is 5.91 Å². The molecule has 2 saturated heterocycles. The van der Waals surface area contributed by atoms with E-state index in [-0.39, 0.29) is 24.3 Å². The molecule has 2 aliphatic rings. The molecular weight excluding hydrogens is 170 g/mol. The van der Waals surface area contributed by atoms with Crippen molar-refractivity contribution < 1.29 is 14.3 Å². The Balaban J connectivity index is 2.06. The fourth-order valence-corrected chi connectivity index (χ4v) is 1.60. The number of carbonyl (C=O) groups excluding carboxylic acids is 2. The van der Waals surface area contributed by atoms with Crippen LogP contribution in [0, 0.1) is 0 Å². The number of ether oxygens (including phenoxy) is 1. The van der Waals surface area contributed by atoms with Gasteiger partial charge in [0.1, 0.15) is 0 Å². The number of rotatable bonds is 1. The van der Waals surface area contributed by atoms with Crippen molar-refractivity contribution in [3.63, 3.8) is 0 Å². The van der Waals surface area contributed by atoms with Crippen molar-refractivity contribution in [1.29, 1.82) is 0 Å². The Morgan fingerprint density at radius 2 is 2.31 bits per heavy atom. The maximum absolute atomic E-state index is 11.1. The van der Waals surface area contributed by atoms with E-state index in [2.05, 4.69) is 5.32 Å². The van der Waals surface area contributed by atoms with Gasteiger partial charge < -0.3 is 4.74 Å². The van der Waals surface area contributed by atoms with Crippen molar-refractivity contribution in [2.75, 3.05) is 6.61 Å². The Bertz CT molecular complexity index is 277.